The third-order valence-electron chi connectivity index (χ3n) is 2.90. The lowest BCUT2D eigenvalue weighted by molar-refractivity contribution is -0.115. The Morgan fingerprint density at radius 2 is 2.00 bits per heavy atom. The Morgan fingerprint density at radius 1 is 1.29 bits per heavy atom. The van der Waals surface area contributed by atoms with E-state index < -0.39 is 5.82 Å². The molecular formula is C16H15BrFNOS. The highest BCUT2D eigenvalue weighted by Crippen LogP contribution is 2.22. The summed E-state index contributed by atoms with van der Waals surface area (Å²) < 4.78 is 14.3. The highest BCUT2D eigenvalue weighted by atomic mass is 79.9. The fourth-order valence-corrected chi connectivity index (χ4v) is 2.87. The van der Waals surface area contributed by atoms with Crippen LogP contribution in [0.25, 0.3) is 0 Å². The summed E-state index contributed by atoms with van der Waals surface area (Å²) in [7, 11) is 0. The van der Waals surface area contributed by atoms with Crippen molar-refractivity contribution in [3.05, 3.63) is 64.4 Å². The maximum Gasteiger partial charge on any atom is 0.237 e. The monoisotopic (exact) mass is 367 g/mol. The molecule has 1 atom stereocenters. The summed E-state index contributed by atoms with van der Waals surface area (Å²) in [5.74, 6) is 0.105. The Hall–Kier alpha value is -1.33. The van der Waals surface area contributed by atoms with Gasteiger partial charge in [0.1, 0.15) is 5.82 Å². The van der Waals surface area contributed by atoms with Crippen LogP contribution in [-0.2, 0) is 10.5 Å². The first kappa shape index (κ1) is 16.0. The Morgan fingerprint density at radius 3 is 2.67 bits per heavy atom. The van der Waals surface area contributed by atoms with Gasteiger partial charge in [0.25, 0.3) is 0 Å². The lowest BCUT2D eigenvalue weighted by Gasteiger charge is -2.12. The van der Waals surface area contributed by atoms with Crippen molar-refractivity contribution in [3.8, 4) is 0 Å². The molecule has 0 fully saturated rings. The number of carbonyl (C=O) groups excluding carboxylic acids is 1. The van der Waals surface area contributed by atoms with E-state index in [-0.39, 0.29) is 16.8 Å². The van der Waals surface area contributed by atoms with Crippen molar-refractivity contribution < 1.29 is 9.18 Å². The van der Waals surface area contributed by atoms with E-state index in [1.165, 1.54) is 17.8 Å². The van der Waals surface area contributed by atoms with Gasteiger partial charge in [0, 0.05) is 10.2 Å². The van der Waals surface area contributed by atoms with E-state index in [9.17, 15) is 9.18 Å². The number of carbonyl (C=O) groups is 1. The van der Waals surface area contributed by atoms with E-state index in [1.54, 1.807) is 12.1 Å². The first-order valence-corrected chi connectivity index (χ1v) is 8.32. The average molecular weight is 368 g/mol. The molecule has 0 aliphatic rings. The molecule has 0 radical (unpaired) electrons. The molecule has 0 aromatic heterocycles. The normalized spacial score (nSPS) is 12.0. The van der Waals surface area contributed by atoms with Gasteiger partial charge in [-0.15, -0.1) is 11.8 Å². The van der Waals surface area contributed by atoms with E-state index in [4.69, 9.17) is 0 Å². The Labute approximate surface area is 136 Å². The molecule has 2 rings (SSSR count). The Kier molecular flexibility index (Phi) is 5.82. The lowest BCUT2D eigenvalue weighted by Crippen LogP contribution is -2.23. The molecule has 0 saturated carbocycles. The minimum absolute atomic E-state index is 0.197. The highest BCUT2D eigenvalue weighted by molar-refractivity contribution is 9.10. The smallest absolute Gasteiger partial charge is 0.237 e. The molecule has 1 amide bonds. The summed E-state index contributed by atoms with van der Waals surface area (Å²) in [6.07, 6.45) is 0. The molecule has 0 saturated heterocycles. The molecule has 0 aliphatic carbocycles. The van der Waals surface area contributed by atoms with Crippen LogP contribution in [-0.4, -0.2) is 11.2 Å². The molecule has 1 N–H and O–H groups in total. The van der Waals surface area contributed by atoms with Crippen LogP contribution in [0.15, 0.2) is 53.0 Å². The molecule has 0 aliphatic heterocycles. The van der Waals surface area contributed by atoms with Crippen molar-refractivity contribution in [2.24, 2.45) is 0 Å². The summed E-state index contributed by atoms with van der Waals surface area (Å²) in [4.78, 5) is 12.1. The van der Waals surface area contributed by atoms with Gasteiger partial charge in [-0.1, -0.05) is 46.3 Å². The molecule has 0 unspecified atom stereocenters. The second-order valence-corrected chi connectivity index (χ2v) is 6.80. The molecule has 0 bridgehead atoms. The fraction of sp³-hybridized carbons (Fsp3) is 0.188. The first-order chi connectivity index (χ1) is 10.1. The van der Waals surface area contributed by atoms with Crippen LogP contribution < -0.4 is 5.32 Å². The zero-order chi connectivity index (χ0) is 15.2. The highest BCUT2D eigenvalue weighted by Gasteiger charge is 2.15. The number of halogens is 2. The van der Waals surface area contributed by atoms with Gasteiger partial charge in [0.2, 0.25) is 5.91 Å². The fourth-order valence-electron chi connectivity index (χ4n) is 1.70. The zero-order valence-electron chi connectivity index (χ0n) is 11.5. The molecule has 5 heteroatoms. The summed E-state index contributed by atoms with van der Waals surface area (Å²) in [6, 6.07) is 14.5. The van der Waals surface area contributed by atoms with E-state index in [2.05, 4.69) is 21.2 Å². The number of anilines is 1. The van der Waals surface area contributed by atoms with Crippen LogP contribution in [0.3, 0.4) is 0 Å². The second-order valence-electron chi connectivity index (χ2n) is 4.55. The Balaban J connectivity index is 1.90. The molecule has 110 valence electrons. The van der Waals surface area contributed by atoms with Crippen LogP contribution in [0, 0.1) is 5.82 Å². The molecule has 2 nitrogen and oxygen atoms in total. The molecular weight excluding hydrogens is 353 g/mol. The third kappa shape index (κ3) is 4.86. The van der Waals surface area contributed by atoms with Gasteiger partial charge in [-0.05, 0) is 30.7 Å². The molecule has 2 aromatic rings. The predicted octanol–water partition coefficient (Wildman–Crippen LogP) is 4.85. The van der Waals surface area contributed by atoms with Crippen LogP contribution in [0.1, 0.15) is 12.5 Å². The van der Waals surface area contributed by atoms with Crippen molar-refractivity contribution >= 4 is 39.3 Å². The van der Waals surface area contributed by atoms with Crippen molar-refractivity contribution in [1.82, 2.24) is 0 Å². The number of amides is 1. The van der Waals surface area contributed by atoms with Crippen molar-refractivity contribution in [1.29, 1.82) is 0 Å². The number of nitrogens with one attached hydrogen (secondary N) is 1. The second kappa shape index (κ2) is 7.61. The van der Waals surface area contributed by atoms with E-state index in [0.29, 0.717) is 4.47 Å². The van der Waals surface area contributed by atoms with Crippen molar-refractivity contribution in [2.75, 3.05) is 5.32 Å². The molecule has 2 aromatic carbocycles. The van der Waals surface area contributed by atoms with E-state index >= 15 is 0 Å². The van der Waals surface area contributed by atoms with Crippen LogP contribution in [0.2, 0.25) is 0 Å². The number of benzene rings is 2. The third-order valence-corrected chi connectivity index (χ3v) is 4.61. The first-order valence-electron chi connectivity index (χ1n) is 6.47. The molecule has 0 spiro atoms. The van der Waals surface area contributed by atoms with Gasteiger partial charge < -0.3 is 5.32 Å². The van der Waals surface area contributed by atoms with Gasteiger partial charge in [-0.25, -0.2) is 4.39 Å². The van der Waals surface area contributed by atoms with Crippen LogP contribution in [0.5, 0.6) is 0 Å². The van der Waals surface area contributed by atoms with Crippen LogP contribution in [0.4, 0.5) is 10.1 Å². The number of rotatable bonds is 5. The van der Waals surface area contributed by atoms with Gasteiger partial charge in [0.05, 0.1) is 10.9 Å². The van der Waals surface area contributed by atoms with E-state index in [0.717, 1.165) is 11.3 Å². The summed E-state index contributed by atoms with van der Waals surface area (Å²) in [5, 5.41) is 2.36. The Bertz CT molecular complexity index is 621. The minimum atomic E-state index is -0.446. The largest absolute Gasteiger partial charge is 0.323 e. The summed E-state index contributed by atoms with van der Waals surface area (Å²) >= 11 is 4.71. The van der Waals surface area contributed by atoms with Crippen LogP contribution >= 0.6 is 27.7 Å². The van der Waals surface area contributed by atoms with Gasteiger partial charge in [-0.3, -0.25) is 4.79 Å². The van der Waals surface area contributed by atoms with Gasteiger partial charge >= 0.3 is 0 Å². The maximum atomic E-state index is 13.7. The average Bonchev–Trinajstić information content (AvgIpc) is 2.48. The van der Waals surface area contributed by atoms with Crippen molar-refractivity contribution in [2.45, 2.75) is 17.9 Å². The SMILES string of the molecule is C[C@@H](SCc1ccccc1)C(=O)Nc1ccc(Br)cc1F. The minimum Gasteiger partial charge on any atom is -0.323 e. The molecule has 21 heavy (non-hydrogen) atoms. The van der Waals surface area contributed by atoms with Crippen molar-refractivity contribution in [3.63, 3.8) is 0 Å². The summed E-state index contributed by atoms with van der Waals surface area (Å²) in [5.41, 5.74) is 1.37. The topological polar surface area (TPSA) is 29.1 Å². The maximum absolute atomic E-state index is 13.7. The lowest BCUT2D eigenvalue weighted by atomic mass is 10.2. The van der Waals surface area contributed by atoms with E-state index in [1.807, 2.05) is 37.3 Å². The van der Waals surface area contributed by atoms with Gasteiger partial charge in [-0.2, -0.15) is 0 Å². The zero-order valence-corrected chi connectivity index (χ0v) is 13.9. The predicted molar refractivity (Wildman–Crippen MR) is 89.9 cm³/mol. The number of thioether (sulfide) groups is 1. The quantitative estimate of drug-likeness (QED) is 0.818. The molecule has 0 heterocycles. The number of hydrogen-bond acceptors (Lipinski definition) is 2. The summed E-state index contributed by atoms with van der Waals surface area (Å²) in [6.45, 7) is 1.82. The standard InChI is InChI=1S/C16H15BrFNOS/c1-11(21-10-12-5-3-2-4-6-12)16(20)19-15-8-7-13(17)9-14(15)18/h2-9,11H,10H2,1H3,(H,19,20)/t11-/m1/s1. The van der Waals surface area contributed by atoms with Gasteiger partial charge in [0.15, 0.2) is 0 Å². The number of hydrogen-bond donors (Lipinski definition) is 1.